The normalized spacial score (nSPS) is 20.5. The van der Waals surface area contributed by atoms with Gasteiger partial charge in [-0.3, -0.25) is 4.79 Å². The number of aryl methyl sites for hydroxylation is 1. The van der Waals surface area contributed by atoms with Gasteiger partial charge in [0.25, 0.3) is 0 Å². The molecule has 1 atom stereocenters. The molecule has 3 rings (SSSR count). The van der Waals surface area contributed by atoms with Gasteiger partial charge in [-0.15, -0.1) is 34.5 Å². The Labute approximate surface area is 166 Å². The zero-order chi connectivity index (χ0) is 19.1. The van der Waals surface area contributed by atoms with E-state index in [9.17, 15) is 9.59 Å². The number of anilines is 1. The van der Waals surface area contributed by atoms with Crippen molar-refractivity contribution in [1.29, 1.82) is 0 Å². The van der Waals surface area contributed by atoms with Gasteiger partial charge in [-0.2, -0.15) is 0 Å². The number of rotatable bonds is 5. The predicted molar refractivity (Wildman–Crippen MR) is 106 cm³/mol. The van der Waals surface area contributed by atoms with Crippen molar-refractivity contribution in [2.45, 2.75) is 31.5 Å². The molecule has 1 amide bonds. The van der Waals surface area contributed by atoms with Crippen molar-refractivity contribution in [3.8, 4) is 11.1 Å². The third-order valence-corrected chi connectivity index (χ3v) is 6.73. The number of alkyl halides is 2. The van der Waals surface area contributed by atoms with Crippen LogP contribution >= 0.6 is 34.5 Å². The van der Waals surface area contributed by atoms with Gasteiger partial charge in [0.05, 0.1) is 12.0 Å². The van der Waals surface area contributed by atoms with Gasteiger partial charge in [0.2, 0.25) is 5.91 Å². The maximum Gasteiger partial charge on any atom is 0.341 e. The van der Waals surface area contributed by atoms with E-state index in [1.807, 2.05) is 37.3 Å². The Balaban J connectivity index is 2.03. The van der Waals surface area contributed by atoms with Gasteiger partial charge >= 0.3 is 5.97 Å². The molecule has 7 heteroatoms. The molecule has 1 aliphatic carbocycles. The average molecular weight is 412 g/mol. The molecule has 0 radical (unpaired) electrons. The van der Waals surface area contributed by atoms with Gasteiger partial charge in [0, 0.05) is 10.4 Å². The molecule has 1 unspecified atom stereocenters. The monoisotopic (exact) mass is 411 g/mol. The van der Waals surface area contributed by atoms with Crippen molar-refractivity contribution in [2.24, 2.45) is 5.41 Å². The van der Waals surface area contributed by atoms with Crippen molar-refractivity contribution in [3.05, 3.63) is 40.8 Å². The van der Waals surface area contributed by atoms with Crippen LogP contribution in [0.15, 0.2) is 30.3 Å². The fourth-order valence-electron chi connectivity index (χ4n) is 2.87. The zero-order valence-electron chi connectivity index (χ0n) is 14.7. The van der Waals surface area contributed by atoms with Crippen molar-refractivity contribution in [2.75, 3.05) is 11.9 Å². The minimum absolute atomic E-state index is 0.250. The first-order chi connectivity index (χ1) is 12.2. The van der Waals surface area contributed by atoms with Gasteiger partial charge in [0.15, 0.2) is 0 Å². The lowest BCUT2D eigenvalue weighted by atomic mass is 10.0. The topological polar surface area (TPSA) is 55.4 Å². The number of halogens is 2. The highest BCUT2D eigenvalue weighted by atomic mass is 35.5. The Kier molecular flexibility index (Phi) is 5.08. The maximum absolute atomic E-state index is 12.7. The second-order valence-electron chi connectivity index (χ2n) is 6.49. The molecule has 1 aromatic heterocycles. The van der Waals surface area contributed by atoms with E-state index in [2.05, 4.69) is 5.32 Å². The summed E-state index contributed by atoms with van der Waals surface area (Å²) in [7, 11) is 0. The molecule has 0 bridgehead atoms. The first-order valence-corrected chi connectivity index (χ1v) is 9.83. The summed E-state index contributed by atoms with van der Waals surface area (Å²) in [6.07, 6.45) is 0.375. The fraction of sp³-hybridized carbons (Fsp3) is 0.368. The van der Waals surface area contributed by atoms with Crippen LogP contribution in [0, 0.1) is 12.3 Å². The molecule has 138 valence electrons. The van der Waals surface area contributed by atoms with Crippen LogP contribution in [0.3, 0.4) is 0 Å². The lowest BCUT2D eigenvalue weighted by molar-refractivity contribution is -0.120. The Bertz CT molecular complexity index is 863. The third kappa shape index (κ3) is 3.24. The second kappa shape index (κ2) is 6.87. The summed E-state index contributed by atoms with van der Waals surface area (Å²) >= 11 is 13.6. The van der Waals surface area contributed by atoms with Crippen LogP contribution in [0.5, 0.6) is 0 Å². The van der Waals surface area contributed by atoms with Crippen LogP contribution in [0.25, 0.3) is 11.1 Å². The molecule has 1 saturated carbocycles. The van der Waals surface area contributed by atoms with Crippen molar-refractivity contribution in [1.82, 2.24) is 0 Å². The number of amides is 1. The molecule has 0 aliphatic heterocycles. The Hall–Kier alpha value is -1.56. The second-order valence-corrected chi connectivity index (χ2v) is 9.20. The summed E-state index contributed by atoms with van der Waals surface area (Å²) in [5, 5.41) is 3.31. The Morgan fingerprint density at radius 3 is 2.42 bits per heavy atom. The van der Waals surface area contributed by atoms with Gasteiger partial charge < -0.3 is 10.1 Å². The number of benzene rings is 1. The van der Waals surface area contributed by atoms with E-state index in [0.717, 1.165) is 16.0 Å². The lowest BCUT2D eigenvalue weighted by Gasteiger charge is -2.13. The molecule has 0 saturated heterocycles. The molecule has 1 heterocycles. The van der Waals surface area contributed by atoms with Crippen LogP contribution in [0.2, 0.25) is 0 Å². The summed E-state index contributed by atoms with van der Waals surface area (Å²) in [6.45, 7) is 5.63. The summed E-state index contributed by atoms with van der Waals surface area (Å²) in [5.41, 5.74) is 1.17. The van der Waals surface area contributed by atoms with E-state index in [1.54, 1.807) is 13.8 Å². The van der Waals surface area contributed by atoms with Crippen LogP contribution in [0.1, 0.15) is 35.5 Å². The van der Waals surface area contributed by atoms with Crippen LogP contribution in [-0.4, -0.2) is 22.8 Å². The van der Waals surface area contributed by atoms with Crippen molar-refractivity contribution >= 4 is 51.4 Å². The minimum atomic E-state index is -1.07. The standard InChI is InChI=1S/C19H19Cl2NO3S/c1-4-25-16(23)14-13(12-8-6-5-7-9-12)11(2)26-15(14)22-17(24)18(3)10-19(18,20)21/h5-9H,4,10H2,1-3H3,(H,22,24). The molecular formula is C19H19Cl2NO3S. The molecular weight excluding hydrogens is 393 g/mol. The maximum atomic E-state index is 12.7. The van der Waals surface area contributed by atoms with E-state index in [4.69, 9.17) is 27.9 Å². The van der Waals surface area contributed by atoms with Gasteiger partial charge in [-0.1, -0.05) is 30.3 Å². The summed E-state index contributed by atoms with van der Waals surface area (Å²) < 4.78 is 4.16. The number of ether oxygens (including phenoxy) is 1. The first kappa shape index (κ1) is 19.2. The van der Waals surface area contributed by atoms with E-state index < -0.39 is 15.7 Å². The van der Waals surface area contributed by atoms with Gasteiger partial charge in [-0.05, 0) is 32.8 Å². The highest BCUT2D eigenvalue weighted by molar-refractivity contribution is 7.17. The number of hydrogen-bond donors (Lipinski definition) is 1. The Morgan fingerprint density at radius 1 is 1.27 bits per heavy atom. The van der Waals surface area contributed by atoms with Gasteiger partial charge in [0.1, 0.15) is 14.9 Å². The van der Waals surface area contributed by atoms with Crippen LogP contribution < -0.4 is 5.32 Å². The highest BCUT2D eigenvalue weighted by Gasteiger charge is 2.68. The molecule has 0 spiro atoms. The largest absolute Gasteiger partial charge is 0.462 e. The van der Waals surface area contributed by atoms with Crippen LogP contribution in [-0.2, 0) is 9.53 Å². The van der Waals surface area contributed by atoms with Crippen LogP contribution in [0.4, 0.5) is 5.00 Å². The van der Waals surface area contributed by atoms with E-state index in [0.29, 0.717) is 17.0 Å². The van der Waals surface area contributed by atoms with Crippen molar-refractivity contribution < 1.29 is 14.3 Å². The molecule has 4 nitrogen and oxygen atoms in total. The Morgan fingerprint density at radius 2 is 1.88 bits per heavy atom. The number of carbonyl (C=O) groups excluding carboxylic acids is 2. The van der Waals surface area contributed by atoms with Gasteiger partial charge in [-0.25, -0.2) is 4.79 Å². The zero-order valence-corrected chi connectivity index (χ0v) is 17.0. The molecule has 1 aromatic carbocycles. The third-order valence-electron chi connectivity index (χ3n) is 4.61. The quantitative estimate of drug-likeness (QED) is 0.527. The summed E-state index contributed by atoms with van der Waals surface area (Å²) in [6, 6.07) is 9.56. The molecule has 1 N–H and O–H groups in total. The first-order valence-electron chi connectivity index (χ1n) is 8.26. The SMILES string of the molecule is CCOC(=O)c1c(NC(=O)C2(C)CC2(Cl)Cl)sc(C)c1-c1ccccc1. The number of esters is 1. The molecule has 26 heavy (non-hydrogen) atoms. The summed E-state index contributed by atoms with van der Waals surface area (Å²) in [4.78, 5) is 26.2. The predicted octanol–water partition coefficient (Wildman–Crippen LogP) is 5.42. The number of nitrogens with one attached hydrogen (secondary N) is 1. The summed E-state index contributed by atoms with van der Waals surface area (Å²) in [5.74, 6) is -0.760. The van der Waals surface area contributed by atoms with E-state index >= 15 is 0 Å². The number of carbonyl (C=O) groups is 2. The number of hydrogen-bond acceptors (Lipinski definition) is 4. The molecule has 2 aromatic rings. The number of thiophene rings is 1. The molecule has 1 aliphatic rings. The fourth-order valence-corrected chi connectivity index (χ4v) is 4.64. The minimum Gasteiger partial charge on any atom is -0.462 e. The smallest absolute Gasteiger partial charge is 0.341 e. The highest BCUT2D eigenvalue weighted by Crippen LogP contribution is 2.64. The van der Waals surface area contributed by atoms with Crippen molar-refractivity contribution in [3.63, 3.8) is 0 Å². The van der Waals surface area contributed by atoms with E-state index in [1.165, 1.54) is 11.3 Å². The van der Waals surface area contributed by atoms with E-state index in [-0.39, 0.29) is 12.5 Å². The molecule has 1 fully saturated rings. The average Bonchev–Trinajstić information content (AvgIpc) is 2.95. The lowest BCUT2D eigenvalue weighted by Crippen LogP contribution is -2.26.